The molecule has 2 rings (SSSR count). The maximum atomic E-state index is 12.2. The fourth-order valence-corrected chi connectivity index (χ4v) is 3.02. The minimum Gasteiger partial charge on any atom is -0.313 e. The van der Waals surface area contributed by atoms with E-state index in [9.17, 15) is 8.42 Å². The highest BCUT2D eigenvalue weighted by Crippen LogP contribution is 2.18. The molecule has 1 aromatic rings. The summed E-state index contributed by atoms with van der Waals surface area (Å²) in [6, 6.07) is 8.03. The third-order valence-electron chi connectivity index (χ3n) is 2.91. The lowest BCUT2D eigenvalue weighted by molar-refractivity contribution is 0.274. The van der Waals surface area contributed by atoms with Crippen molar-refractivity contribution in [3.05, 3.63) is 29.8 Å². The molecular weight excluding hydrogens is 238 g/mol. The summed E-state index contributed by atoms with van der Waals surface area (Å²) in [6.07, 6.45) is 0. The minimum atomic E-state index is -3.49. The van der Waals surface area contributed by atoms with Gasteiger partial charge in [-0.15, -0.1) is 0 Å². The molecule has 0 saturated carbocycles. The monoisotopic (exact) mass is 251 g/mol. The summed E-state index contributed by atoms with van der Waals surface area (Å²) in [5.74, 6) is 0. The maximum absolute atomic E-state index is 12.2. The first-order valence-electron chi connectivity index (χ1n) is 5.24. The highest BCUT2D eigenvalue weighted by molar-refractivity contribution is 7.89. The SMILES string of the molecule is CN(C1CNC1)S(=O)(=O)c1cccc(C#N)c1. The molecule has 0 aliphatic carbocycles. The van der Waals surface area contributed by atoms with Gasteiger partial charge < -0.3 is 5.32 Å². The summed E-state index contributed by atoms with van der Waals surface area (Å²) in [6.45, 7) is 1.35. The molecule has 0 radical (unpaired) electrons. The molecular formula is C11H13N3O2S. The molecule has 17 heavy (non-hydrogen) atoms. The molecule has 0 spiro atoms. The van der Waals surface area contributed by atoms with E-state index < -0.39 is 10.0 Å². The highest BCUT2D eigenvalue weighted by Gasteiger charge is 2.31. The molecule has 90 valence electrons. The number of rotatable bonds is 3. The zero-order chi connectivity index (χ0) is 12.5. The van der Waals surface area contributed by atoms with E-state index >= 15 is 0 Å². The summed E-state index contributed by atoms with van der Waals surface area (Å²) < 4.78 is 25.8. The molecule has 0 aromatic heterocycles. The van der Waals surface area contributed by atoms with Crippen LogP contribution in [0.15, 0.2) is 29.2 Å². The smallest absolute Gasteiger partial charge is 0.243 e. The Morgan fingerprint density at radius 3 is 2.71 bits per heavy atom. The molecule has 1 heterocycles. The number of nitriles is 1. The molecule has 1 saturated heterocycles. The van der Waals surface area contributed by atoms with E-state index in [1.54, 1.807) is 19.2 Å². The van der Waals surface area contributed by atoms with E-state index in [1.807, 2.05) is 6.07 Å². The molecule has 0 unspecified atom stereocenters. The van der Waals surface area contributed by atoms with Crippen molar-refractivity contribution < 1.29 is 8.42 Å². The predicted molar refractivity (Wildman–Crippen MR) is 62.8 cm³/mol. The molecule has 1 N–H and O–H groups in total. The van der Waals surface area contributed by atoms with E-state index in [2.05, 4.69) is 5.32 Å². The summed E-state index contributed by atoms with van der Waals surface area (Å²) in [5.41, 5.74) is 0.353. The summed E-state index contributed by atoms with van der Waals surface area (Å²) in [7, 11) is -1.92. The Balaban J connectivity index is 2.34. The summed E-state index contributed by atoms with van der Waals surface area (Å²) >= 11 is 0. The lowest BCUT2D eigenvalue weighted by atomic mass is 10.2. The summed E-state index contributed by atoms with van der Waals surface area (Å²) in [4.78, 5) is 0.172. The van der Waals surface area contributed by atoms with Crippen molar-refractivity contribution in [2.24, 2.45) is 0 Å². The van der Waals surface area contributed by atoms with Gasteiger partial charge in [-0.25, -0.2) is 8.42 Å². The van der Waals surface area contributed by atoms with Crippen LogP contribution >= 0.6 is 0 Å². The van der Waals surface area contributed by atoms with Crippen LogP contribution < -0.4 is 5.32 Å². The average molecular weight is 251 g/mol. The highest BCUT2D eigenvalue weighted by atomic mass is 32.2. The first-order chi connectivity index (χ1) is 8.05. The molecule has 0 atom stereocenters. The Bertz CT molecular complexity index is 558. The van der Waals surface area contributed by atoms with Crippen molar-refractivity contribution in [3.8, 4) is 6.07 Å². The lowest BCUT2D eigenvalue weighted by Crippen LogP contribution is -2.57. The van der Waals surface area contributed by atoms with E-state index in [0.717, 1.165) is 0 Å². The van der Waals surface area contributed by atoms with E-state index in [-0.39, 0.29) is 10.9 Å². The Kier molecular flexibility index (Phi) is 3.15. The van der Waals surface area contributed by atoms with E-state index in [4.69, 9.17) is 5.26 Å². The molecule has 1 aromatic carbocycles. The van der Waals surface area contributed by atoms with Crippen molar-refractivity contribution in [2.75, 3.05) is 20.1 Å². The van der Waals surface area contributed by atoms with Gasteiger partial charge in [-0.2, -0.15) is 9.57 Å². The van der Waals surface area contributed by atoms with E-state index in [1.165, 1.54) is 16.4 Å². The minimum absolute atomic E-state index is 0.00532. The molecule has 1 fully saturated rings. The van der Waals surface area contributed by atoms with Crippen LogP contribution in [0.1, 0.15) is 5.56 Å². The van der Waals surface area contributed by atoms with Gasteiger partial charge in [-0.3, -0.25) is 0 Å². The molecule has 0 bridgehead atoms. The fraction of sp³-hybridized carbons (Fsp3) is 0.364. The van der Waals surface area contributed by atoms with Crippen molar-refractivity contribution in [1.29, 1.82) is 5.26 Å². The van der Waals surface area contributed by atoms with Gasteiger partial charge in [0.1, 0.15) is 0 Å². The Hall–Kier alpha value is -1.42. The second-order valence-corrected chi connectivity index (χ2v) is 5.97. The normalized spacial score (nSPS) is 16.5. The Labute approximate surface area is 101 Å². The standard InChI is InChI=1S/C11H13N3O2S/c1-14(10-7-13-8-10)17(15,16)11-4-2-3-9(5-11)6-12/h2-5,10,13H,7-8H2,1H3. The van der Waals surface area contributed by atoms with Gasteiger partial charge in [-0.05, 0) is 18.2 Å². The van der Waals surface area contributed by atoms with Crippen molar-refractivity contribution in [1.82, 2.24) is 9.62 Å². The van der Waals surface area contributed by atoms with Gasteiger partial charge in [0, 0.05) is 26.2 Å². The number of hydrogen-bond acceptors (Lipinski definition) is 4. The van der Waals surface area contributed by atoms with Crippen LogP contribution in [0.4, 0.5) is 0 Å². The lowest BCUT2D eigenvalue weighted by Gasteiger charge is -2.34. The maximum Gasteiger partial charge on any atom is 0.243 e. The first kappa shape index (κ1) is 12.0. The molecule has 6 heteroatoms. The van der Waals surface area contributed by atoms with Gasteiger partial charge in [-0.1, -0.05) is 6.07 Å². The van der Waals surface area contributed by atoms with Gasteiger partial charge in [0.2, 0.25) is 10.0 Å². The van der Waals surface area contributed by atoms with Gasteiger partial charge in [0.25, 0.3) is 0 Å². The largest absolute Gasteiger partial charge is 0.313 e. The third kappa shape index (κ3) is 2.17. The van der Waals surface area contributed by atoms with Crippen molar-refractivity contribution in [2.45, 2.75) is 10.9 Å². The van der Waals surface area contributed by atoms with Crippen LogP contribution in [-0.2, 0) is 10.0 Å². The number of hydrogen-bond donors (Lipinski definition) is 1. The number of nitrogens with zero attached hydrogens (tertiary/aromatic N) is 2. The van der Waals surface area contributed by atoms with Gasteiger partial charge in [0.05, 0.1) is 16.5 Å². The number of likely N-dealkylation sites (N-methyl/N-ethyl adjacent to an activating group) is 1. The van der Waals surface area contributed by atoms with Crippen molar-refractivity contribution in [3.63, 3.8) is 0 Å². The van der Waals surface area contributed by atoms with Gasteiger partial charge >= 0.3 is 0 Å². The zero-order valence-corrected chi connectivity index (χ0v) is 10.2. The molecule has 1 aliphatic heterocycles. The molecule has 0 amide bonds. The van der Waals surface area contributed by atoms with Crippen LogP contribution in [0.2, 0.25) is 0 Å². The van der Waals surface area contributed by atoms with Crippen molar-refractivity contribution >= 4 is 10.0 Å². The quantitative estimate of drug-likeness (QED) is 0.830. The van der Waals surface area contributed by atoms with Crippen LogP contribution in [-0.4, -0.2) is 38.9 Å². The van der Waals surface area contributed by atoms with Crippen LogP contribution in [0, 0.1) is 11.3 Å². The number of benzene rings is 1. The van der Waals surface area contributed by atoms with Crippen LogP contribution in [0.5, 0.6) is 0 Å². The first-order valence-corrected chi connectivity index (χ1v) is 6.68. The second kappa shape index (κ2) is 4.45. The molecule has 5 nitrogen and oxygen atoms in total. The predicted octanol–water partition coefficient (Wildman–Crippen LogP) is 0.151. The van der Waals surface area contributed by atoms with Crippen LogP contribution in [0.3, 0.4) is 0 Å². The molecule has 1 aliphatic rings. The average Bonchev–Trinajstić information content (AvgIpc) is 2.26. The van der Waals surface area contributed by atoms with E-state index in [0.29, 0.717) is 18.7 Å². The topological polar surface area (TPSA) is 73.2 Å². The second-order valence-electron chi connectivity index (χ2n) is 3.97. The zero-order valence-electron chi connectivity index (χ0n) is 9.42. The van der Waals surface area contributed by atoms with Gasteiger partial charge in [0.15, 0.2) is 0 Å². The Morgan fingerprint density at radius 1 is 1.47 bits per heavy atom. The van der Waals surface area contributed by atoms with Crippen LogP contribution in [0.25, 0.3) is 0 Å². The number of nitrogens with one attached hydrogen (secondary N) is 1. The Morgan fingerprint density at radius 2 is 2.18 bits per heavy atom. The fourth-order valence-electron chi connectivity index (χ4n) is 1.62. The summed E-state index contributed by atoms with van der Waals surface area (Å²) in [5, 5.41) is 11.8. The number of sulfonamides is 1. The third-order valence-corrected chi connectivity index (χ3v) is 4.82.